The number of anilines is 1. The van der Waals surface area contributed by atoms with E-state index in [1.807, 2.05) is 43.3 Å². The lowest BCUT2D eigenvalue weighted by atomic mass is 10.1. The number of para-hydroxylation sites is 1. The summed E-state index contributed by atoms with van der Waals surface area (Å²) in [5, 5.41) is 5.73. The molecule has 3 aromatic rings. The van der Waals surface area contributed by atoms with Gasteiger partial charge in [-0.3, -0.25) is 9.59 Å². The van der Waals surface area contributed by atoms with E-state index in [1.54, 1.807) is 30.5 Å². The Labute approximate surface area is 168 Å². The van der Waals surface area contributed by atoms with Gasteiger partial charge in [0.1, 0.15) is 5.76 Å². The van der Waals surface area contributed by atoms with E-state index in [9.17, 15) is 9.59 Å². The molecule has 2 amide bonds. The number of carbonyl (C=O) groups excluding carboxylic acids is 2. The van der Waals surface area contributed by atoms with Crippen LogP contribution in [-0.2, 0) is 17.1 Å². The van der Waals surface area contributed by atoms with Crippen molar-refractivity contribution in [1.29, 1.82) is 0 Å². The van der Waals surface area contributed by atoms with Gasteiger partial charge in [-0.15, -0.1) is 11.8 Å². The molecular weight excluding hydrogens is 372 g/mol. The highest BCUT2D eigenvalue weighted by atomic mass is 32.2. The van der Waals surface area contributed by atoms with Crippen molar-refractivity contribution >= 4 is 29.3 Å². The quantitative estimate of drug-likeness (QED) is 0.594. The molecule has 5 nitrogen and oxygen atoms in total. The van der Waals surface area contributed by atoms with Crippen molar-refractivity contribution in [3.05, 3.63) is 89.4 Å². The molecule has 1 heterocycles. The highest BCUT2D eigenvalue weighted by Gasteiger charge is 2.13. The van der Waals surface area contributed by atoms with Crippen molar-refractivity contribution in [2.75, 3.05) is 11.1 Å². The van der Waals surface area contributed by atoms with Gasteiger partial charge in [-0.05, 0) is 36.8 Å². The third-order valence-electron chi connectivity index (χ3n) is 4.08. The third kappa shape index (κ3) is 5.76. The number of carbonyl (C=O) groups is 2. The van der Waals surface area contributed by atoms with E-state index in [2.05, 4.69) is 10.6 Å². The van der Waals surface area contributed by atoms with E-state index in [-0.39, 0.29) is 17.6 Å². The van der Waals surface area contributed by atoms with Crippen LogP contribution < -0.4 is 10.6 Å². The van der Waals surface area contributed by atoms with Crippen molar-refractivity contribution in [3.63, 3.8) is 0 Å². The number of hydrogen-bond acceptors (Lipinski definition) is 4. The molecule has 1 aromatic heterocycles. The van der Waals surface area contributed by atoms with Crippen molar-refractivity contribution in [1.82, 2.24) is 5.32 Å². The summed E-state index contributed by atoms with van der Waals surface area (Å²) >= 11 is 1.45. The van der Waals surface area contributed by atoms with E-state index >= 15 is 0 Å². The molecule has 0 aliphatic rings. The van der Waals surface area contributed by atoms with Gasteiger partial charge < -0.3 is 15.1 Å². The molecule has 0 aliphatic heterocycles. The molecule has 144 valence electrons. The first-order valence-corrected chi connectivity index (χ1v) is 10.1. The number of amides is 2. The van der Waals surface area contributed by atoms with Crippen LogP contribution in [0.15, 0.2) is 71.3 Å². The molecule has 0 unspecified atom stereocenters. The lowest BCUT2D eigenvalue weighted by Gasteiger charge is -2.11. The lowest BCUT2D eigenvalue weighted by Crippen LogP contribution is -2.25. The standard InChI is InChI=1S/C22H22N2O3S/c1-16-8-10-17(11-9-16)13-23-22(26)19-6-2-3-7-20(19)24-21(25)15-28-14-18-5-4-12-27-18/h2-12H,13-15H2,1H3,(H,23,26)(H,24,25). The molecule has 0 fully saturated rings. The minimum Gasteiger partial charge on any atom is -0.468 e. The first kappa shape index (κ1) is 19.8. The Morgan fingerprint density at radius 2 is 1.79 bits per heavy atom. The van der Waals surface area contributed by atoms with Gasteiger partial charge in [0.2, 0.25) is 5.91 Å². The number of furan rings is 1. The zero-order valence-electron chi connectivity index (χ0n) is 15.6. The summed E-state index contributed by atoms with van der Waals surface area (Å²) in [6.07, 6.45) is 1.61. The zero-order chi connectivity index (χ0) is 19.8. The molecule has 0 aliphatic carbocycles. The van der Waals surface area contributed by atoms with Crippen molar-refractivity contribution in [2.24, 2.45) is 0 Å². The highest BCUT2D eigenvalue weighted by molar-refractivity contribution is 7.99. The summed E-state index contributed by atoms with van der Waals surface area (Å²) in [7, 11) is 0. The summed E-state index contributed by atoms with van der Waals surface area (Å²) in [5.74, 6) is 1.35. The normalized spacial score (nSPS) is 10.5. The fourth-order valence-electron chi connectivity index (χ4n) is 2.60. The molecule has 0 atom stereocenters. The number of hydrogen-bond donors (Lipinski definition) is 2. The lowest BCUT2D eigenvalue weighted by molar-refractivity contribution is -0.113. The van der Waals surface area contributed by atoms with Gasteiger partial charge in [-0.1, -0.05) is 42.0 Å². The number of rotatable bonds is 8. The molecule has 0 radical (unpaired) electrons. The number of thioether (sulfide) groups is 1. The predicted molar refractivity (Wildman–Crippen MR) is 112 cm³/mol. The second kappa shape index (κ2) is 9.80. The highest BCUT2D eigenvalue weighted by Crippen LogP contribution is 2.17. The van der Waals surface area contributed by atoms with Gasteiger partial charge in [0.15, 0.2) is 0 Å². The van der Waals surface area contributed by atoms with Crippen molar-refractivity contribution < 1.29 is 14.0 Å². The fourth-order valence-corrected chi connectivity index (χ4v) is 3.32. The first-order chi connectivity index (χ1) is 13.6. The summed E-state index contributed by atoms with van der Waals surface area (Å²) in [6.45, 7) is 2.45. The van der Waals surface area contributed by atoms with Crippen LogP contribution in [0.4, 0.5) is 5.69 Å². The van der Waals surface area contributed by atoms with Crippen LogP contribution in [0.25, 0.3) is 0 Å². The maximum atomic E-state index is 12.6. The van der Waals surface area contributed by atoms with Gasteiger partial charge in [0.25, 0.3) is 5.91 Å². The van der Waals surface area contributed by atoms with Crippen LogP contribution in [0, 0.1) is 6.92 Å². The Hall–Kier alpha value is -2.99. The summed E-state index contributed by atoms with van der Waals surface area (Å²) < 4.78 is 5.25. The Morgan fingerprint density at radius 1 is 1.00 bits per heavy atom. The van der Waals surface area contributed by atoms with Crippen LogP contribution in [0.1, 0.15) is 27.2 Å². The van der Waals surface area contributed by atoms with E-state index < -0.39 is 0 Å². The fraction of sp³-hybridized carbons (Fsp3) is 0.182. The largest absolute Gasteiger partial charge is 0.468 e. The molecule has 2 N–H and O–H groups in total. The number of nitrogens with one attached hydrogen (secondary N) is 2. The molecule has 0 spiro atoms. The van der Waals surface area contributed by atoms with Gasteiger partial charge in [0.05, 0.1) is 29.0 Å². The van der Waals surface area contributed by atoms with E-state index in [1.165, 1.54) is 17.3 Å². The summed E-state index contributed by atoms with van der Waals surface area (Å²) in [4.78, 5) is 24.8. The van der Waals surface area contributed by atoms with Crippen LogP contribution in [-0.4, -0.2) is 17.6 Å². The monoisotopic (exact) mass is 394 g/mol. The van der Waals surface area contributed by atoms with Crippen LogP contribution >= 0.6 is 11.8 Å². The molecular formula is C22H22N2O3S. The van der Waals surface area contributed by atoms with E-state index in [0.29, 0.717) is 23.5 Å². The average Bonchev–Trinajstić information content (AvgIpc) is 3.21. The Balaban J connectivity index is 1.54. The van der Waals surface area contributed by atoms with E-state index in [4.69, 9.17) is 4.42 Å². The van der Waals surface area contributed by atoms with Gasteiger partial charge >= 0.3 is 0 Å². The predicted octanol–water partition coefficient (Wildman–Crippen LogP) is 4.39. The summed E-state index contributed by atoms with van der Waals surface area (Å²) in [5.41, 5.74) is 3.15. The Morgan fingerprint density at radius 3 is 2.54 bits per heavy atom. The van der Waals surface area contributed by atoms with Gasteiger partial charge in [-0.2, -0.15) is 0 Å². The SMILES string of the molecule is Cc1ccc(CNC(=O)c2ccccc2NC(=O)CSCc2ccco2)cc1. The second-order valence-corrected chi connectivity index (χ2v) is 7.32. The molecule has 2 aromatic carbocycles. The number of benzene rings is 2. The van der Waals surface area contributed by atoms with Crippen LogP contribution in [0.3, 0.4) is 0 Å². The Bertz CT molecular complexity index is 921. The van der Waals surface area contributed by atoms with Crippen LogP contribution in [0.5, 0.6) is 0 Å². The molecule has 3 rings (SSSR count). The smallest absolute Gasteiger partial charge is 0.253 e. The zero-order valence-corrected chi connectivity index (χ0v) is 16.4. The van der Waals surface area contributed by atoms with Gasteiger partial charge in [-0.25, -0.2) is 0 Å². The van der Waals surface area contributed by atoms with Crippen molar-refractivity contribution in [2.45, 2.75) is 19.2 Å². The maximum Gasteiger partial charge on any atom is 0.253 e. The Kier molecular flexibility index (Phi) is 6.92. The minimum atomic E-state index is -0.222. The van der Waals surface area contributed by atoms with E-state index in [0.717, 1.165) is 11.3 Å². The molecule has 0 saturated heterocycles. The van der Waals surface area contributed by atoms with Gasteiger partial charge in [0, 0.05) is 6.54 Å². The molecule has 6 heteroatoms. The minimum absolute atomic E-state index is 0.157. The summed E-state index contributed by atoms with van der Waals surface area (Å²) in [6, 6.07) is 18.7. The average molecular weight is 394 g/mol. The third-order valence-corrected chi connectivity index (χ3v) is 5.03. The topological polar surface area (TPSA) is 71.3 Å². The first-order valence-electron chi connectivity index (χ1n) is 8.94. The number of aryl methyl sites for hydroxylation is 1. The molecule has 28 heavy (non-hydrogen) atoms. The molecule has 0 saturated carbocycles. The van der Waals surface area contributed by atoms with Crippen LogP contribution in [0.2, 0.25) is 0 Å². The maximum absolute atomic E-state index is 12.6. The second-order valence-electron chi connectivity index (χ2n) is 6.33. The van der Waals surface area contributed by atoms with Crippen molar-refractivity contribution in [3.8, 4) is 0 Å². The molecule has 0 bridgehead atoms.